The number of hydrogen-bond donors (Lipinski definition) is 0. The summed E-state index contributed by atoms with van der Waals surface area (Å²) in [5.41, 5.74) is -0.572. The number of ketones is 1. The van der Waals surface area contributed by atoms with E-state index in [0.717, 1.165) is 12.8 Å². The molecule has 0 aliphatic carbocycles. The van der Waals surface area contributed by atoms with Crippen molar-refractivity contribution in [1.29, 1.82) is 0 Å². The zero-order valence-corrected chi connectivity index (χ0v) is 19.9. The average molecular weight is 493 g/mol. The minimum absolute atomic E-state index is 0.209. The Kier molecular flexibility index (Phi) is 11.6. The molecule has 0 aromatic rings. The second-order valence-electron chi connectivity index (χ2n) is 8.09. The lowest BCUT2D eigenvalue weighted by Crippen LogP contribution is -2.38. The molecule has 0 aromatic heterocycles. The predicted octanol–water partition coefficient (Wildman–Crippen LogP) is 5.49. The van der Waals surface area contributed by atoms with Crippen LogP contribution in [0.5, 0.6) is 0 Å². The quantitative estimate of drug-likeness (QED) is 0.0996. The second kappa shape index (κ2) is 11.9. The average Bonchev–Trinajstić information content (AvgIpc) is 2.53. The Bertz CT molecular complexity index is 511. The number of ether oxygens (including phenoxy) is 2. The Hall–Kier alpha value is -0.800. The van der Waals surface area contributed by atoms with Crippen molar-refractivity contribution in [3.05, 3.63) is 25.6 Å². The summed E-state index contributed by atoms with van der Waals surface area (Å²) in [5.74, 6) is 0.209. The van der Waals surface area contributed by atoms with Gasteiger partial charge in [0, 0.05) is 32.0 Å². The van der Waals surface area contributed by atoms with Crippen LogP contribution in [-0.2, 0) is 14.3 Å². The van der Waals surface area contributed by atoms with E-state index in [1.807, 2.05) is 27.7 Å². The first-order valence-electron chi connectivity index (χ1n) is 9.23. The van der Waals surface area contributed by atoms with Crippen molar-refractivity contribution >= 4 is 28.4 Å². The Labute approximate surface area is 178 Å². The third kappa shape index (κ3) is 11.6. The molecule has 0 heterocycles. The topological polar surface area (TPSA) is 63.5 Å². The zero-order chi connectivity index (χ0) is 21.1. The number of nitrogens with zero attached hydrogens (tertiary/aromatic N) is 3. The van der Waals surface area contributed by atoms with Gasteiger partial charge < -0.3 is 9.47 Å². The van der Waals surface area contributed by atoms with Crippen molar-refractivity contribution in [3.8, 4) is 0 Å². The number of alkyl halides is 1. The van der Waals surface area contributed by atoms with Gasteiger partial charge in [0.15, 0.2) is 0 Å². The lowest BCUT2D eigenvalue weighted by atomic mass is 10.00. The van der Waals surface area contributed by atoms with E-state index < -0.39 is 0 Å². The Balaban J connectivity index is 4.22. The molecule has 0 saturated carbocycles. The van der Waals surface area contributed by atoms with E-state index in [4.69, 9.17) is 9.47 Å². The summed E-state index contributed by atoms with van der Waals surface area (Å²) in [6.45, 7) is 21.0. The van der Waals surface area contributed by atoms with Crippen LogP contribution >= 0.6 is 22.6 Å². The summed E-state index contributed by atoms with van der Waals surface area (Å²) in [6, 6.07) is 0. The molecule has 0 rings (SSSR count). The van der Waals surface area contributed by atoms with Crippen molar-refractivity contribution in [1.82, 2.24) is 5.01 Å². The minimum atomic E-state index is -0.332. The van der Waals surface area contributed by atoms with E-state index in [1.54, 1.807) is 11.2 Å². The fourth-order valence-electron chi connectivity index (χ4n) is 2.14. The zero-order valence-electron chi connectivity index (χ0n) is 17.8. The van der Waals surface area contributed by atoms with Gasteiger partial charge in [-0.15, -0.1) is 5.11 Å². The lowest BCUT2D eigenvalue weighted by molar-refractivity contribution is -0.121. The molecule has 0 saturated heterocycles. The van der Waals surface area contributed by atoms with Gasteiger partial charge >= 0.3 is 0 Å². The highest BCUT2D eigenvalue weighted by atomic mass is 127. The molecule has 0 radical (unpaired) electrons. The Morgan fingerprint density at radius 1 is 1.07 bits per heavy atom. The van der Waals surface area contributed by atoms with E-state index >= 15 is 0 Å². The maximum Gasteiger partial charge on any atom is 0.150 e. The van der Waals surface area contributed by atoms with Crippen LogP contribution < -0.4 is 0 Å². The highest BCUT2D eigenvalue weighted by Crippen LogP contribution is 2.23. The molecule has 0 bridgehead atoms. The molecule has 0 aliphatic heterocycles. The lowest BCUT2D eigenvalue weighted by Gasteiger charge is -2.34. The molecular formula is C20H36IN3O3. The summed E-state index contributed by atoms with van der Waals surface area (Å²) >= 11 is 2.16. The molecule has 0 fully saturated rings. The number of rotatable bonds is 15. The maximum absolute atomic E-state index is 11.9. The van der Waals surface area contributed by atoms with Gasteiger partial charge in [-0.1, -0.05) is 41.0 Å². The molecule has 0 spiro atoms. The van der Waals surface area contributed by atoms with Crippen molar-refractivity contribution in [2.75, 3.05) is 19.8 Å². The molecule has 156 valence electrons. The summed E-state index contributed by atoms with van der Waals surface area (Å²) in [7, 11) is 0. The number of halogens is 1. The SMILES string of the molecule is C=CN=NN(C=C)C(C)(C)CCOC(C)(C)CCOCCC(=O)C(C)(C)I. The van der Waals surface area contributed by atoms with E-state index in [0.29, 0.717) is 26.2 Å². The van der Waals surface area contributed by atoms with Crippen LogP contribution in [0.1, 0.15) is 60.8 Å². The summed E-state index contributed by atoms with van der Waals surface area (Å²) in [5, 5.41) is 9.59. The van der Waals surface area contributed by atoms with Gasteiger partial charge in [0.2, 0.25) is 0 Å². The highest BCUT2D eigenvalue weighted by molar-refractivity contribution is 14.1. The molecule has 0 aromatic carbocycles. The molecule has 6 nitrogen and oxygen atoms in total. The molecule has 0 aliphatic rings. The van der Waals surface area contributed by atoms with Crippen LogP contribution in [0.25, 0.3) is 0 Å². The molecule has 0 unspecified atom stereocenters. The van der Waals surface area contributed by atoms with Crippen molar-refractivity contribution in [2.24, 2.45) is 10.3 Å². The number of hydrogen-bond acceptors (Lipinski definition) is 5. The second-order valence-corrected chi connectivity index (χ2v) is 10.8. The maximum atomic E-state index is 11.9. The first-order chi connectivity index (χ1) is 12.4. The fraction of sp³-hybridized carbons (Fsp3) is 0.750. The van der Waals surface area contributed by atoms with E-state index in [9.17, 15) is 4.79 Å². The molecule has 0 N–H and O–H groups in total. The van der Waals surface area contributed by atoms with Crippen LogP contribution in [0.3, 0.4) is 0 Å². The van der Waals surface area contributed by atoms with Crippen LogP contribution in [0.15, 0.2) is 35.9 Å². The summed E-state index contributed by atoms with van der Waals surface area (Å²) in [4.78, 5) is 11.9. The fourth-order valence-corrected chi connectivity index (χ4v) is 2.41. The Morgan fingerprint density at radius 2 is 1.70 bits per heavy atom. The monoisotopic (exact) mass is 493 g/mol. The Morgan fingerprint density at radius 3 is 2.22 bits per heavy atom. The van der Waals surface area contributed by atoms with Gasteiger partial charge in [-0.2, -0.15) is 0 Å². The largest absolute Gasteiger partial charge is 0.381 e. The van der Waals surface area contributed by atoms with Crippen LogP contribution in [0, 0.1) is 0 Å². The van der Waals surface area contributed by atoms with Gasteiger partial charge in [0.1, 0.15) is 5.78 Å². The van der Waals surface area contributed by atoms with Crippen molar-refractivity contribution in [3.63, 3.8) is 0 Å². The van der Waals surface area contributed by atoms with Crippen molar-refractivity contribution < 1.29 is 14.3 Å². The number of carbonyl (C=O) groups excluding carboxylic acids is 1. The molecule has 0 atom stereocenters. The molecule has 7 heteroatoms. The van der Waals surface area contributed by atoms with E-state index in [1.165, 1.54) is 6.20 Å². The predicted molar refractivity (Wildman–Crippen MR) is 119 cm³/mol. The highest BCUT2D eigenvalue weighted by Gasteiger charge is 2.27. The van der Waals surface area contributed by atoms with Gasteiger partial charge in [0.25, 0.3) is 0 Å². The number of carbonyl (C=O) groups is 1. The van der Waals surface area contributed by atoms with Gasteiger partial charge in [-0.25, -0.2) is 5.01 Å². The standard InChI is InChI=1S/C20H36IN3O3/c1-9-22-23-24(10-2)18(3,4)12-16-27-19(5,6)13-15-26-14-11-17(25)20(7,8)21/h9-10H,1-2,11-16H2,3-8H3. The third-order valence-electron chi connectivity index (χ3n) is 4.21. The molecule has 0 amide bonds. The molecule has 27 heavy (non-hydrogen) atoms. The van der Waals surface area contributed by atoms with Gasteiger partial charge in [-0.05, 0) is 54.4 Å². The first-order valence-corrected chi connectivity index (χ1v) is 10.3. The minimum Gasteiger partial charge on any atom is -0.381 e. The number of Topliss-reactive ketones (excluding diaryl/α,β-unsaturated/α-hetero) is 1. The normalized spacial score (nSPS) is 13.0. The summed E-state index contributed by atoms with van der Waals surface area (Å²) in [6.07, 6.45) is 5.00. The van der Waals surface area contributed by atoms with Crippen LogP contribution in [0.2, 0.25) is 0 Å². The van der Waals surface area contributed by atoms with Gasteiger partial charge in [0.05, 0.1) is 21.2 Å². The third-order valence-corrected chi connectivity index (χ3v) is 4.82. The summed E-state index contributed by atoms with van der Waals surface area (Å²) < 4.78 is 11.3. The smallest absolute Gasteiger partial charge is 0.150 e. The van der Waals surface area contributed by atoms with E-state index in [2.05, 4.69) is 59.9 Å². The first kappa shape index (κ1) is 26.2. The van der Waals surface area contributed by atoms with Gasteiger partial charge in [-0.3, -0.25) is 4.79 Å². The van der Waals surface area contributed by atoms with Crippen LogP contribution in [0.4, 0.5) is 0 Å². The van der Waals surface area contributed by atoms with E-state index in [-0.39, 0.29) is 20.3 Å². The van der Waals surface area contributed by atoms with Crippen molar-refractivity contribution in [2.45, 2.75) is 75.4 Å². The van der Waals surface area contributed by atoms with Crippen LogP contribution in [-0.4, -0.2) is 45.2 Å². The molecular weight excluding hydrogens is 457 g/mol.